The lowest BCUT2D eigenvalue weighted by Gasteiger charge is -2.04. The summed E-state index contributed by atoms with van der Waals surface area (Å²) >= 11 is 0. The summed E-state index contributed by atoms with van der Waals surface area (Å²) in [5, 5.41) is 7.32. The van der Waals surface area contributed by atoms with E-state index in [0.29, 0.717) is 0 Å². The second kappa shape index (κ2) is 2.54. The molecule has 0 amide bonds. The largest absolute Gasteiger partial charge is 0.259 e. The Kier molecular flexibility index (Phi) is 1.41. The van der Waals surface area contributed by atoms with Gasteiger partial charge in [-0.1, -0.05) is 29.5 Å². The van der Waals surface area contributed by atoms with Crippen LogP contribution in [0.3, 0.4) is 0 Å². The molecule has 2 aliphatic rings. The molecule has 1 aliphatic heterocycles. The van der Waals surface area contributed by atoms with Crippen molar-refractivity contribution >= 4 is 0 Å². The van der Waals surface area contributed by atoms with E-state index in [2.05, 4.69) is 15.8 Å². The molecule has 0 aromatic rings. The Balaban J connectivity index is 2.33. The van der Waals surface area contributed by atoms with Crippen LogP contribution in [0.4, 0.5) is 0 Å². The second-order valence-corrected chi connectivity index (χ2v) is 2.23. The molecule has 0 aromatic heterocycles. The van der Waals surface area contributed by atoms with Gasteiger partial charge >= 0.3 is 0 Å². The van der Waals surface area contributed by atoms with Gasteiger partial charge in [-0.25, -0.2) is 0 Å². The van der Waals surface area contributed by atoms with Gasteiger partial charge in [0.25, 0.3) is 0 Å². The number of allylic oxidation sites excluding steroid dienone is 6. The van der Waals surface area contributed by atoms with Crippen LogP contribution in [-0.2, 0) is 0 Å². The monoisotopic (exact) mass is 145 g/mol. The zero-order valence-electron chi connectivity index (χ0n) is 5.86. The summed E-state index contributed by atoms with van der Waals surface area (Å²) in [6.45, 7) is 0. The average molecular weight is 145 g/mol. The predicted octanol–water partition coefficient (Wildman–Crippen LogP) is 1.85. The molecule has 0 atom stereocenters. The molecule has 3 nitrogen and oxygen atoms in total. The van der Waals surface area contributed by atoms with Crippen LogP contribution >= 0.6 is 0 Å². The highest BCUT2D eigenvalue weighted by molar-refractivity contribution is 5.46. The Labute approximate surface area is 64.5 Å². The topological polar surface area (TPSA) is 36.8 Å². The molecule has 0 radical (unpaired) electrons. The van der Waals surface area contributed by atoms with Crippen LogP contribution in [0, 0.1) is 0 Å². The van der Waals surface area contributed by atoms with E-state index in [1.807, 2.05) is 30.4 Å². The Hall–Kier alpha value is -1.64. The van der Waals surface area contributed by atoms with E-state index in [-0.39, 0.29) is 0 Å². The van der Waals surface area contributed by atoms with Gasteiger partial charge < -0.3 is 0 Å². The fourth-order valence-electron chi connectivity index (χ4n) is 0.976. The fourth-order valence-corrected chi connectivity index (χ4v) is 0.976. The third kappa shape index (κ3) is 1.12. The van der Waals surface area contributed by atoms with E-state index in [1.54, 1.807) is 6.20 Å². The van der Waals surface area contributed by atoms with Crippen LogP contribution in [-0.4, -0.2) is 0 Å². The van der Waals surface area contributed by atoms with Crippen molar-refractivity contribution in [3.05, 3.63) is 47.9 Å². The normalized spacial score (nSPS) is 19.6. The maximum absolute atomic E-state index is 3.67. The van der Waals surface area contributed by atoms with Gasteiger partial charge in [0.15, 0.2) is 0 Å². The van der Waals surface area contributed by atoms with Crippen LogP contribution < -0.4 is 5.43 Å². The van der Waals surface area contributed by atoms with E-state index in [0.717, 1.165) is 11.3 Å². The molecule has 0 saturated carbocycles. The molecular weight excluding hydrogens is 138 g/mol. The van der Waals surface area contributed by atoms with Crippen molar-refractivity contribution in [2.24, 2.45) is 10.3 Å². The lowest BCUT2D eigenvalue weighted by Crippen LogP contribution is -2.05. The molecule has 1 heterocycles. The molecule has 0 unspecified atom stereocenters. The van der Waals surface area contributed by atoms with Gasteiger partial charge in [-0.3, -0.25) is 5.43 Å². The van der Waals surface area contributed by atoms with Gasteiger partial charge in [-0.05, 0) is 11.6 Å². The number of hydrogen-bond acceptors (Lipinski definition) is 3. The maximum Gasteiger partial charge on any atom is 0.0667 e. The molecule has 0 saturated heterocycles. The van der Waals surface area contributed by atoms with Crippen molar-refractivity contribution in [3.63, 3.8) is 0 Å². The van der Waals surface area contributed by atoms with Gasteiger partial charge in [0, 0.05) is 0 Å². The Bertz CT molecular complexity index is 291. The van der Waals surface area contributed by atoms with Gasteiger partial charge in [0.05, 0.1) is 11.9 Å². The first kappa shape index (κ1) is 6.09. The Morgan fingerprint density at radius 2 is 1.91 bits per heavy atom. The van der Waals surface area contributed by atoms with Crippen molar-refractivity contribution in [3.8, 4) is 0 Å². The van der Waals surface area contributed by atoms with E-state index in [4.69, 9.17) is 0 Å². The van der Waals surface area contributed by atoms with Crippen molar-refractivity contribution in [1.82, 2.24) is 5.43 Å². The van der Waals surface area contributed by atoms with Crippen LogP contribution in [0.5, 0.6) is 0 Å². The summed E-state index contributed by atoms with van der Waals surface area (Å²) in [5.41, 5.74) is 4.94. The number of nitrogens with zero attached hydrogens (tertiary/aromatic N) is 2. The molecule has 0 bridgehead atoms. The summed E-state index contributed by atoms with van der Waals surface area (Å²) in [6.07, 6.45) is 11.6. The molecule has 54 valence electrons. The standard InChI is InChI=1S/C8H7N3/c1-2-4-7(3-1)8-5-6-9-11-10-8/h1-6H,(H,9,10). The minimum atomic E-state index is 0.991. The molecule has 1 N–H and O–H groups in total. The van der Waals surface area contributed by atoms with Crippen LogP contribution in [0.2, 0.25) is 0 Å². The zero-order valence-corrected chi connectivity index (χ0v) is 5.86. The summed E-state index contributed by atoms with van der Waals surface area (Å²) in [7, 11) is 0. The van der Waals surface area contributed by atoms with Crippen molar-refractivity contribution in [1.29, 1.82) is 0 Å². The lowest BCUT2D eigenvalue weighted by molar-refractivity contribution is 0.808. The quantitative estimate of drug-likeness (QED) is 0.554. The second-order valence-electron chi connectivity index (χ2n) is 2.23. The molecule has 0 spiro atoms. The summed E-state index contributed by atoms with van der Waals surface area (Å²) in [6, 6.07) is 0. The summed E-state index contributed by atoms with van der Waals surface area (Å²) in [4.78, 5) is 0. The molecular formula is C8H7N3. The Morgan fingerprint density at radius 3 is 2.55 bits per heavy atom. The highest BCUT2D eigenvalue weighted by atomic mass is 15.4. The number of rotatable bonds is 0. The molecule has 0 aromatic carbocycles. The molecule has 0 fully saturated rings. The highest BCUT2D eigenvalue weighted by Gasteiger charge is 2.01. The van der Waals surface area contributed by atoms with E-state index >= 15 is 0 Å². The Morgan fingerprint density at radius 1 is 1.09 bits per heavy atom. The first-order chi connectivity index (χ1) is 5.47. The number of nitrogens with one attached hydrogen (secondary N) is 1. The molecule has 3 heteroatoms. The average Bonchev–Trinajstić information content (AvgIpc) is 2.58. The van der Waals surface area contributed by atoms with Crippen molar-refractivity contribution in [2.45, 2.75) is 0 Å². The third-order valence-electron chi connectivity index (χ3n) is 1.51. The zero-order chi connectivity index (χ0) is 7.52. The van der Waals surface area contributed by atoms with Crippen LogP contribution in [0.15, 0.2) is 58.2 Å². The van der Waals surface area contributed by atoms with Crippen molar-refractivity contribution in [2.75, 3.05) is 0 Å². The molecule has 11 heavy (non-hydrogen) atoms. The third-order valence-corrected chi connectivity index (χ3v) is 1.51. The van der Waals surface area contributed by atoms with E-state index < -0.39 is 0 Å². The molecule has 1 aliphatic carbocycles. The predicted molar refractivity (Wildman–Crippen MR) is 42.4 cm³/mol. The smallest absolute Gasteiger partial charge is 0.0667 e. The van der Waals surface area contributed by atoms with Crippen LogP contribution in [0.1, 0.15) is 0 Å². The molecule has 2 rings (SSSR count). The van der Waals surface area contributed by atoms with Crippen molar-refractivity contribution < 1.29 is 0 Å². The first-order valence-corrected chi connectivity index (χ1v) is 3.38. The minimum Gasteiger partial charge on any atom is -0.259 e. The van der Waals surface area contributed by atoms with Gasteiger partial charge in [0.1, 0.15) is 0 Å². The van der Waals surface area contributed by atoms with E-state index in [9.17, 15) is 0 Å². The lowest BCUT2D eigenvalue weighted by atomic mass is 10.2. The van der Waals surface area contributed by atoms with Gasteiger partial charge in [-0.2, -0.15) is 0 Å². The van der Waals surface area contributed by atoms with Crippen LogP contribution in [0.25, 0.3) is 0 Å². The summed E-state index contributed by atoms with van der Waals surface area (Å²) in [5.74, 6) is 0. The summed E-state index contributed by atoms with van der Waals surface area (Å²) < 4.78 is 0. The minimum absolute atomic E-state index is 0.991. The van der Waals surface area contributed by atoms with E-state index in [1.165, 1.54) is 0 Å². The highest BCUT2D eigenvalue weighted by Crippen LogP contribution is 2.13. The SMILES string of the molecule is C1=CC(=C2C=CN=NN2)C=C1. The number of hydrogen-bond donors (Lipinski definition) is 1. The fraction of sp³-hybridized carbons (Fsp3) is 0. The maximum atomic E-state index is 3.67. The van der Waals surface area contributed by atoms with Gasteiger partial charge in [-0.15, -0.1) is 5.11 Å². The first-order valence-electron chi connectivity index (χ1n) is 3.38. The van der Waals surface area contributed by atoms with Gasteiger partial charge in [0.2, 0.25) is 0 Å².